The molecule has 0 aliphatic heterocycles. The van der Waals surface area contributed by atoms with E-state index in [1.165, 1.54) is 6.20 Å². The molecule has 1 heterocycles. The van der Waals surface area contributed by atoms with Gasteiger partial charge < -0.3 is 15.0 Å². The molecule has 0 unspecified atom stereocenters. The number of rotatable bonds is 10. The molecule has 1 aromatic heterocycles. The van der Waals surface area contributed by atoms with E-state index in [-0.39, 0.29) is 4.90 Å². The standard InChI is InChI=1S/C12H23N3O3S/c1-3-13-9-11-8-12(10-14-11)19(16,17)15-6-4-5-7-18-2/h8,10,13-15H,3-7,9H2,1-2H3. The van der Waals surface area contributed by atoms with Gasteiger partial charge in [0.2, 0.25) is 10.0 Å². The molecule has 0 aromatic carbocycles. The fraction of sp³-hybridized carbons (Fsp3) is 0.667. The van der Waals surface area contributed by atoms with Crippen LogP contribution < -0.4 is 10.0 Å². The molecule has 7 heteroatoms. The van der Waals surface area contributed by atoms with Gasteiger partial charge in [0.15, 0.2) is 0 Å². The van der Waals surface area contributed by atoms with E-state index in [1.807, 2.05) is 6.92 Å². The van der Waals surface area contributed by atoms with Crippen LogP contribution in [0, 0.1) is 0 Å². The van der Waals surface area contributed by atoms with Gasteiger partial charge in [-0.1, -0.05) is 6.92 Å². The Morgan fingerprint density at radius 2 is 2.16 bits per heavy atom. The van der Waals surface area contributed by atoms with Crippen LogP contribution in [0.3, 0.4) is 0 Å². The molecular formula is C12H23N3O3S. The summed E-state index contributed by atoms with van der Waals surface area (Å²) in [6, 6.07) is 1.65. The number of aromatic nitrogens is 1. The van der Waals surface area contributed by atoms with Crippen molar-refractivity contribution < 1.29 is 13.2 Å². The third-order valence-electron chi connectivity index (χ3n) is 2.66. The highest BCUT2D eigenvalue weighted by Gasteiger charge is 2.14. The van der Waals surface area contributed by atoms with Crippen molar-refractivity contribution in [1.29, 1.82) is 0 Å². The number of ether oxygens (including phenoxy) is 1. The molecule has 0 spiro atoms. The van der Waals surface area contributed by atoms with Crippen LogP contribution in [0.25, 0.3) is 0 Å². The van der Waals surface area contributed by atoms with Crippen molar-refractivity contribution in [2.45, 2.75) is 31.2 Å². The molecule has 1 rings (SSSR count). The zero-order valence-electron chi connectivity index (χ0n) is 11.5. The summed E-state index contributed by atoms with van der Waals surface area (Å²) in [6.45, 7) is 4.57. The number of nitrogens with one attached hydrogen (secondary N) is 3. The highest BCUT2D eigenvalue weighted by molar-refractivity contribution is 7.89. The monoisotopic (exact) mass is 289 g/mol. The Morgan fingerprint density at radius 1 is 1.37 bits per heavy atom. The molecule has 0 aliphatic rings. The van der Waals surface area contributed by atoms with Crippen molar-refractivity contribution in [1.82, 2.24) is 15.0 Å². The van der Waals surface area contributed by atoms with Gasteiger partial charge in [0, 0.05) is 38.7 Å². The van der Waals surface area contributed by atoms with Crippen molar-refractivity contribution in [2.75, 3.05) is 26.8 Å². The molecule has 0 saturated heterocycles. The first kappa shape index (κ1) is 16.2. The minimum Gasteiger partial charge on any atom is -0.385 e. The summed E-state index contributed by atoms with van der Waals surface area (Å²) in [5.74, 6) is 0. The molecule has 0 fully saturated rings. The number of unbranched alkanes of at least 4 members (excludes halogenated alkanes) is 1. The average Bonchev–Trinajstić information content (AvgIpc) is 2.85. The quantitative estimate of drug-likeness (QED) is 0.557. The Balaban J connectivity index is 2.45. The van der Waals surface area contributed by atoms with Crippen LogP contribution >= 0.6 is 0 Å². The lowest BCUT2D eigenvalue weighted by Crippen LogP contribution is -2.24. The first-order valence-electron chi connectivity index (χ1n) is 6.46. The summed E-state index contributed by atoms with van der Waals surface area (Å²) in [5, 5.41) is 3.14. The number of methoxy groups -OCH3 is 1. The van der Waals surface area contributed by atoms with E-state index < -0.39 is 10.0 Å². The van der Waals surface area contributed by atoms with Gasteiger partial charge in [-0.25, -0.2) is 13.1 Å². The van der Waals surface area contributed by atoms with Crippen LogP contribution in [0.1, 0.15) is 25.5 Å². The van der Waals surface area contributed by atoms with Crippen LogP contribution in [0.15, 0.2) is 17.2 Å². The average molecular weight is 289 g/mol. The summed E-state index contributed by atoms with van der Waals surface area (Å²) in [5.41, 5.74) is 0.863. The predicted octanol–water partition coefficient (Wildman–Crippen LogP) is 0.829. The Morgan fingerprint density at radius 3 is 2.84 bits per heavy atom. The van der Waals surface area contributed by atoms with Gasteiger partial charge in [-0.05, 0) is 25.5 Å². The van der Waals surface area contributed by atoms with Crippen molar-refractivity contribution in [2.24, 2.45) is 0 Å². The Labute approximate surface area is 115 Å². The highest BCUT2D eigenvalue weighted by atomic mass is 32.2. The summed E-state index contributed by atoms with van der Waals surface area (Å²) >= 11 is 0. The minimum absolute atomic E-state index is 0.284. The zero-order chi connectivity index (χ0) is 14.1. The van der Waals surface area contributed by atoms with E-state index >= 15 is 0 Å². The molecule has 0 amide bonds. The first-order valence-corrected chi connectivity index (χ1v) is 7.95. The van der Waals surface area contributed by atoms with Gasteiger partial charge in [-0.2, -0.15) is 0 Å². The first-order chi connectivity index (χ1) is 9.10. The SMILES string of the molecule is CCNCc1cc(S(=O)(=O)NCCCCOC)c[nH]1. The second-order valence-electron chi connectivity index (χ2n) is 4.24. The van der Waals surface area contributed by atoms with Gasteiger partial charge in [-0.15, -0.1) is 0 Å². The maximum absolute atomic E-state index is 12.0. The van der Waals surface area contributed by atoms with Crippen LogP contribution in [0.5, 0.6) is 0 Å². The summed E-state index contributed by atoms with van der Waals surface area (Å²) < 4.78 is 31.4. The molecule has 0 saturated carbocycles. The minimum atomic E-state index is -3.40. The van der Waals surface area contributed by atoms with Gasteiger partial charge >= 0.3 is 0 Å². The molecule has 19 heavy (non-hydrogen) atoms. The fourth-order valence-corrected chi connectivity index (χ4v) is 2.69. The second kappa shape index (κ2) is 8.31. The topological polar surface area (TPSA) is 83.2 Å². The smallest absolute Gasteiger partial charge is 0.242 e. The lowest BCUT2D eigenvalue weighted by Gasteiger charge is -2.04. The second-order valence-corrected chi connectivity index (χ2v) is 6.01. The van der Waals surface area contributed by atoms with Gasteiger partial charge in [0.05, 0.1) is 4.90 Å². The Hall–Kier alpha value is -0.890. The molecule has 110 valence electrons. The summed E-state index contributed by atoms with van der Waals surface area (Å²) in [7, 11) is -1.77. The number of hydrogen-bond acceptors (Lipinski definition) is 4. The molecule has 0 radical (unpaired) electrons. The number of sulfonamides is 1. The highest BCUT2D eigenvalue weighted by Crippen LogP contribution is 2.10. The van der Waals surface area contributed by atoms with Crippen molar-refractivity contribution in [3.05, 3.63) is 18.0 Å². The number of aromatic amines is 1. The summed E-state index contributed by atoms with van der Waals surface area (Å²) in [6.07, 6.45) is 3.13. The predicted molar refractivity (Wildman–Crippen MR) is 74.5 cm³/mol. The normalized spacial score (nSPS) is 11.9. The molecule has 0 bridgehead atoms. The van der Waals surface area contributed by atoms with E-state index in [9.17, 15) is 8.42 Å². The van der Waals surface area contributed by atoms with Crippen molar-refractivity contribution in [3.8, 4) is 0 Å². The van der Waals surface area contributed by atoms with E-state index in [4.69, 9.17) is 4.74 Å². The maximum Gasteiger partial charge on any atom is 0.242 e. The van der Waals surface area contributed by atoms with Gasteiger partial charge in [0.25, 0.3) is 0 Å². The van der Waals surface area contributed by atoms with Crippen LogP contribution in [0.4, 0.5) is 0 Å². The van der Waals surface area contributed by atoms with Gasteiger partial charge in [0.1, 0.15) is 0 Å². The summed E-state index contributed by atoms with van der Waals surface area (Å²) in [4.78, 5) is 3.24. The van der Waals surface area contributed by atoms with Crippen LogP contribution in [-0.4, -0.2) is 40.2 Å². The van der Waals surface area contributed by atoms with E-state index in [2.05, 4.69) is 15.0 Å². The lowest BCUT2D eigenvalue weighted by molar-refractivity contribution is 0.193. The molecule has 0 aliphatic carbocycles. The molecular weight excluding hydrogens is 266 g/mol. The largest absolute Gasteiger partial charge is 0.385 e. The zero-order valence-corrected chi connectivity index (χ0v) is 12.3. The molecule has 1 aromatic rings. The van der Waals surface area contributed by atoms with Crippen molar-refractivity contribution >= 4 is 10.0 Å². The van der Waals surface area contributed by atoms with E-state index in [1.54, 1.807) is 13.2 Å². The number of H-pyrrole nitrogens is 1. The molecule has 3 N–H and O–H groups in total. The Bertz CT molecular complexity index is 457. The number of hydrogen-bond donors (Lipinski definition) is 3. The van der Waals surface area contributed by atoms with Crippen LogP contribution in [-0.2, 0) is 21.3 Å². The van der Waals surface area contributed by atoms with Gasteiger partial charge in [-0.3, -0.25) is 0 Å². The third-order valence-corrected chi connectivity index (χ3v) is 4.10. The third kappa shape index (κ3) is 5.73. The Kier molecular flexibility index (Phi) is 7.07. The molecule has 6 nitrogen and oxygen atoms in total. The molecule has 0 atom stereocenters. The van der Waals surface area contributed by atoms with Crippen LogP contribution in [0.2, 0.25) is 0 Å². The van der Waals surface area contributed by atoms with E-state index in [0.717, 1.165) is 25.1 Å². The lowest BCUT2D eigenvalue weighted by atomic mass is 10.3. The van der Waals surface area contributed by atoms with Crippen molar-refractivity contribution in [3.63, 3.8) is 0 Å². The maximum atomic E-state index is 12.0. The fourth-order valence-electron chi connectivity index (χ4n) is 1.60. The van der Waals surface area contributed by atoms with E-state index in [0.29, 0.717) is 19.7 Å².